The number of nitrogens with zero attached hydrogens (tertiary/aromatic N) is 1. The third kappa shape index (κ3) is 1.87. The van der Waals surface area contributed by atoms with E-state index in [4.69, 9.17) is 0 Å². The standard InChI is InChI=1S/C10H8F4N2/c1-5-2-3-6-7(4-5)16-9(15-6)8(11)10(12,13)14/h2-4,8H,1H3,(H,15,16)/t8-/m0/s1. The Bertz CT molecular complexity index is 515. The predicted molar refractivity (Wildman–Crippen MR) is 50.7 cm³/mol. The molecule has 1 aromatic heterocycles. The lowest BCUT2D eigenvalue weighted by molar-refractivity contribution is -0.184. The molecular formula is C10H8F4N2. The number of aromatic amines is 1. The van der Waals surface area contributed by atoms with Crippen LogP contribution in [0.4, 0.5) is 17.6 Å². The number of nitrogens with one attached hydrogen (secondary N) is 1. The first-order chi connectivity index (χ1) is 7.38. The first kappa shape index (κ1) is 10.9. The number of rotatable bonds is 1. The summed E-state index contributed by atoms with van der Waals surface area (Å²) in [4.78, 5) is 5.91. The van der Waals surface area contributed by atoms with Gasteiger partial charge in [-0.15, -0.1) is 0 Å². The van der Waals surface area contributed by atoms with Crippen LogP contribution in [-0.4, -0.2) is 16.1 Å². The second-order valence-electron chi connectivity index (χ2n) is 3.55. The van der Waals surface area contributed by atoms with Crippen LogP contribution in [0.25, 0.3) is 11.0 Å². The molecule has 1 heterocycles. The van der Waals surface area contributed by atoms with Crippen LogP contribution < -0.4 is 0 Å². The van der Waals surface area contributed by atoms with Gasteiger partial charge >= 0.3 is 6.18 Å². The van der Waals surface area contributed by atoms with E-state index in [1.54, 1.807) is 25.1 Å². The molecule has 0 aliphatic carbocycles. The SMILES string of the molecule is Cc1ccc2nc([C@H](F)C(F)(F)F)[nH]c2c1. The Kier molecular flexibility index (Phi) is 2.36. The molecule has 2 nitrogen and oxygen atoms in total. The number of aryl methyl sites for hydroxylation is 1. The molecule has 1 atom stereocenters. The lowest BCUT2D eigenvalue weighted by Gasteiger charge is -2.08. The minimum Gasteiger partial charge on any atom is -0.339 e. The molecule has 0 spiro atoms. The van der Waals surface area contributed by atoms with Gasteiger partial charge in [0.25, 0.3) is 6.17 Å². The summed E-state index contributed by atoms with van der Waals surface area (Å²) in [7, 11) is 0. The zero-order valence-corrected chi connectivity index (χ0v) is 8.27. The van der Waals surface area contributed by atoms with E-state index in [1.165, 1.54) is 0 Å². The molecule has 2 aromatic rings. The van der Waals surface area contributed by atoms with Crippen LogP contribution in [-0.2, 0) is 0 Å². The average Bonchev–Trinajstić information content (AvgIpc) is 2.57. The quantitative estimate of drug-likeness (QED) is 0.749. The van der Waals surface area contributed by atoms with Crippen molar-refractivity contribution in [2.45, 2.75) is 19.3 Å². The number of H-pyrrole nitrogens is 1. The summed E-state index contributed by atoms with van der Waals surface area (Å²) in [5.74, 6) is -0.701. The van der Waals surface area contributed by atoms with Crippen LogP contribution >= 0.6 is 0 Å². The smallest absolute Gasteiger partial charge is 0.339 e. The van der Waals surface area contributed by atoms with Crippen LogP contribution in [0.1, 0.15) is 17.6 Å². The molecule has 2 rings (SSSR count). The Morgan fingerprint density at radius 1 is 1.31 bits per heavy atom. The molecule has 0 fully saturated rings. The number of hydrogen-bond acceptors (Lipinski definition) is 1. The van der Waals surface area contributed by atoms with E-state index in [0.29, 0.717) is 11.0 Å². The van der Waals surface area contributed by atoms with E-state index in [9.17, 15) is 17.6 Å². The first-order valence-corrected chi connectivity index (χ1v) is 4.55. The Morgan fingerprint density at radius 2 is 2.00 bits per heavy atom. The highest BCUT2D eigenvalue weighted by Gasteiger charge is 2.43. The molecule has 0 amide bonds. The van der Waals surface area contributed by atoms with E-state index < -0.39 is 18.2 Å². The maximum Gasteiger partial charge on any atom is 0.427 e. The molecule has 0 saturated heterocycles. The van der Waals surface area contributed by atoms with Crippen molar-refractivity contribution in [3.05, 3.63) is 29.6 Å². The molecule has 0 bridgehead atoms. The number of halogens is 4. The van der Waals surface area contributed by atoms with Crippen molar-refractivity contribution in [1.82, 2.24) is 9.97 Å². The lowest BCUT2D eigenvalue weighted by atomic mass is 10.2. The number of benzene rings is 1. The normalized spacial score (nSPS) is 14.3. The molecule has 6 heteroatoms. The van der Waals surface area contributed by atoms with Gasteiger partial charge < -0.3 is 4.98 Å². The van der Waals surface area contributed by atoms with E-state index in [0.717, 1.165) is 5.56 Å². The molecule has 0 saturated carbocycles. The van der Waals surface area contributed by atoms with Crippen LogP contribution in [0, 0.1) is 6.92 Å². The van der Waals surface area contributed by atoms with Gasteiger partial charge in [0.2, 0.25) is 0 Å². The topological polar surface area (TPSA) is 28.7 Å². The van der Waals surface area contributed by atoms with Crippen molar-refractivity contribution in [3.8, 4) is 0 Å². The Labute approximate surface area is 88.3 Å². The van der Waals surface area contributed by atoms with E-state index in [-0.39, 0.29) is 0 Å². The molecular weight excluding hydrogens is 224 g/mol. The Hall–Kier alpha value is -1.59. The van der Waals surface area contributed by atoms with Gasteiger partial charge in [0.15, 0.2) is 5.82 Å². The molecule has 0 unspecified atom stereocenters. The van der Waals surface area contributed by atoms with Crippen LogP contribution in [0.2, 0.25) is 0 Å². The van der Waals surface area contributed by atoms with Gasteiger partial charge in [0, 0.05) is 0 Å². The Balaban J connectivity index is 2.47. The van der Waals surface area contributed by atoms with Gasteiger partial charge in [0.1, 0.15) is 0 Å². The van der Waals surface area contributed by atoms with Gasteiger partial charge in [-0.3, -0.25) is 0 Å². The highest BCUT2D eigenvalue weighted by atomic mass is 19.4. The summed E-state index contributed by atoms with van der Waals surface area (Å²) >= 11 is 0. The fraction of sp³-hybridized carbons (Fsp3) is 0.300. The maximum absolute atomic E-state index is 13.0. The largest absolute Gasteiger partial charge is 0.427 e. The van der Waals surface area contributed by atoms with Crippen molar-refractivity contribution >= 4 is 11.0 Å². The number of imidazole rings is 1. The van der Waals surface area contributed by atoms with Gasteiger partial charge in [-0.25, -0.2) is 9.37 Å². The molecule has 86 valence electrons. The zero-order valence-electron chi connectivity index (χ0n) is 8.27. The average molecular weight is 232 g/mol. The Morgan fingerprint density at radius 3 is 2.62 bits per heavy atom. The molecule has 1 aromatic carbocycles. The second kappa shape index (κ2) is 3.47. The molecule has 0 radical (unpaired) electrons. The lowest BCUT2D eigenvalue weighted by Crippen LogP contribution is -2.17. The van der Waals surface area contributed by atoms with Crippen molar-refractivity contribution in [2.24, 2.45) is 0 Å². The van der Waals surface area contributed by atoms with Gasteiger partial charge in [-0.2, -0.15) is 13.2 Å². The van der Waals surface area contributed by atoms with Gasteiger partial charge in [-0.1, -0.05) is 6.07 Å². The van der Waals surface area contributed by atoms with Crippen molar-refractivity contribution in [1.29, 1.82) is 0 Å². The van der Waals surface area contributed by atoms with E-state index in [1.807, 2.05) is 0 Å². The second-order valence-corrected chi connectivity index (χ2v) is 3.55. The third-order valence-electron chi connectivity index (χ3n) is 2.18. The molecule has 16 heavy (non-hydrogen) atoms. The molecule has 0 aliphatic heterocycles. The summed E-state index contributed by atoms with van der Waals surface area (Å²) in [6.45, 7) is 1.79. The molecule has 0 aliphatic rings. The molecule has 1 N–H and O–H groups in total. The summed E-state index contributed by atoms with van der Waals surface area (Å²) in [5.41, 5.74) is 1.60. The summed E-state index contributed by atoms with van der Waals surface area (Å²) in [5, 5.41) is 0. The van der Waals surface area contributed by atoms with E-state index in [2.05, 4.69) is 9.97 Å². The minimum absolute atomic E-state index is 0.326. The van der Waals surface area contributed by atoms with Crippen LogP contribution in [0.15, 0.2) is 18.2 Å². The monoisotopic (exact) mass is 232 g/mol. The summed E-state index contributed by atoms with van der Waals surface area (Å²) < 4.78 is 49.3. The number of aromatic nitrogens is 2. The number of hydrogen-bond donors (Lipinski definition) is 1. The van der Waals surface area contributed by atoms with Crippen molar-refractivity contribution < 1.29 is 17.6 Å². The van der Waals surface area contributed by atoms with Crippen LogP contribution in [0.3, 0.4) is 0 Å². The minimum atomic E-state index is -4.93. The van der Waals surface area contributed by atoms with Crippen molar-refractivity contribution in [3.63, 3.8) is 0 Å². The van der Waals surface area contributed by atoms with E-state index >= 15 is 0 Å². The highest BCUT2D eigenvalue weighted by molar-refractivity contribution is 5.75. The number of fused-ring (bicyclic) bond motifs is 1. The van der Waals surface area contributed by atoms with Crippen LogP contribution in [0.5, 0.6) is 0 Å². The third-order valence-corrected chi connectivity index (χ3v) is 2.18. The maximum atomic E-state index is 13.0. The zero-order chi connectivity index (χ0) is 11.9. The van der Waals surface area contributed by atoms with Gasteiger partial charge in [0.05, 0.1) is 11.0 Å². The predicted octanol–water partition coefficient (Wildman–Crippen LogP) is 3.44. The number of alkyl halides is 4. The first-order valence-electron chi connectivity index (χ1n) is 4.55. The van der Waals surface area contributed by atoms with Crippen molar-refractivity contribution in [2.75, 3.05) is 0 Å². The highest BCUT2D eigenvalue weighted by Crippen LogP contribution is 2.35. The fourth-order valence-electron chi connectivity index (χ4n) is 1.42. The summed E-state index contributed by atoms with van der Waals surface area (Å²) in [6, 6.07) is 4.87. The van der Waals surface area contributed by atoms with Gasteiger partial charge in [-0.05, 0) is 24.6 Å². The summed E-state index contributed by atoms with van der Waals surface area (Å²) in [6.07, 6.45) is -8.00. The fourth-order valence-corrected chi connectivity index (χ4v) is 1.42.